The molecule has 1 aliphatic heterocycles. The van der Waals surface area contributed by atoms with E-state index in [4.69, 9.17) is 9.94 Å². The maximum Gasteiger partial charge on any atom is 0.253 e. The first-order valence-corrected chi connectivity index (χ1v) is 9.19. The van der Waals surface area contributed by atoms with Crippen molar-refractivity contribution < 1.29 is 19.5 Å². The Hall–Kier alpha value is -2.97. The smallest absolute Gasteiger partial charge is 0.253 e. The Kier molecular flexibility index (Phi) is 6.57. The van der Waals surface area contributed by atoms with Gasteiger partial charge in [-0.3, -0.25) is 14.8 Å². The van der Waals surface area contributed by atoms with E-state index in [0.717, 1.165) is 5.56 Å². The van der Waals surface area contributed by atoms with E-state index in [1.165, 1.54) is 6.20 Å². The van der Waals surface area contributed by atoms with E-state index in [-0.39, 0.29) is 12.3 Å². The molecular weight excluding hydrogens is 360 g/mol. The summed E-state index contributed by atoms with van der Waals surface area (Å²) in [4.78, 5) is 28.5. The second-order valence-corrected chi connectivity index (χ2v) is 6.86. The first-order valence-electron chi connectivity index (χ1n) is 9.19. The van der Waals surface area contributed by atoms with Gasteiger partial charge in [0, 0.05) is 12.3 Å². The number of nitrogens with zero attached hydrogens (tertiary/aromatic N) is 1. The number of aromatic nitrogens is 1. The van der Waals surface area contributed by atoms with Crippen LogP contribution < -0.4 is 20.9 Å². The molecule has 0 aliphatic carbocycles. The van der Waals surface area contributed by atoms with Crippen molar-refractivity contribution in [1.29, 1.82) is 0 Å². The highest BCUT2D eigenvalue weighted by molar-refractivity contribution is 5.94. The van der Waals surface area contributed by atoms with Crippen molar-refractivity contribution in [1.82, 2.24) is 21.1 Å². The molecule has 3 rings (SSSR count). The molecule has 8 heteroatoms. The van der Waals surface area contributed by atoms with Gasteiger partial charge < -0.3 is 15.4 Å². The minimum atomic E-state index is -0.697. The Labute approximate surface area is 163 Å². The number of carbonyl (C=O) groups is 2. The quantitative estimate of drug-likeness (QED) is 0.424. The number of nitrogens with one attached hydrogen (secondary N) is 3. The van der Waals surface area contributed by atoms with E-state index in [1.807, 2.05) is 30.3 Å². The van der Waals surface area contributed by atoms with E-state index in [0.29, 0.717) is 44.0 Å². The number of piperidine rings is 1. The van der Waals surface area contributed by atoms with Crippen LogP contribution in [0.1, 0.15) is 35.2 Å². The molecule has 28 heavy (non-hydrogen) atoms. The summed E-state index contributed by atoms with van der Waals surface area (Å²) in [6, 6.07) is 13.0. The van der Waals surface area contributed by atoms with Crippen molar-refractivity contribution in [3.05, 3.63) is 59.8 Å². The van der Waals surface area contributed by atoms with E-state index < -0.39 is 11.4 Å². The number of amides is 2. The highest BCUT2D eigenvalue weighted by Crippen LogP contribution is 2.23. The Bertz CT molecular complexity index is 790. The lowest BCUT2D eigenvalue weighted by molar-refractivity contribution is -0.130. The van der Waals surface area contributed by atoms with Crippen LogP contribution in [0.5, 0.6) is 5.88 Å². The molecule has 1 aromatic carbocycles. The molecule has 0 unspecified atom stereocenters. The fourth-order valence-corrected chi connectivity index (χ4v) is 3.24. The summed E-state index contributed by atoms with van der Waals surface area (Å²) in [6.45, 7) is 1.76. The van der Waals surface area contributed by atoms with Crippen molar-refractivity contribution in [2.45, 2.75) is 31.4 Å². The first kappa shape index (κ1) is 19.8. The fraction of sp³-hybridized carbons (Fsp3) is 0.350. The normalized spacial score (nSPS) is 15.5. The number of pyridine rings is 1. The number of ether oxygens (including phenoxy) is 1. The number of rotatable bonds is 7. The minimum Gasteiger partial charge on any atom is -0.473 e. The molecule has 0 spiro atoms. The molecule has 2 aromatic rings. The van der Waals surface area contributed by atoms with Gasteiger partial charge in [-0.05, 0) is 37.6 Å². The maximum atomic E-state index is 12.7. The van der Waals surface area contributed by atoms with Gasteiger partial charge in [-0.25, -0.2) is 10.5 Å². The number of hydrogen-bond acceptors (Lipinski definition) is 6. The van der Waals surface area contributed by atoms with Crippen LogP contribution in [-0.2, 0) is 11.4 Å². The minimum absolute atomic E-state index is 0.0165. The average molecular weight is 384 g/mol. The van der Waals surface area contributed by atoms with Crippen LogP contribution in [-0.4, -0.2) is 40.6 Å². The molecule has 2 heterocycles. The Balaban J connectivity index is 1.62. The van der Waals surface area contributed by atoms with Crippen molar-refractivity contribution >= 4 is 11.8 Å². The Morgan fingerprint density at radius 3 is 2.54 bits per heavy atom. The lowest BCUT2D eigenvalue weighted by atomic mass is 9.84. The lowest BCUT2D eigenvalue weighted by Gasteiger charge is -2.37. The molecule has 1 fully saturated rings. The summed E-state index contributed by atoms with van der Waals surface area (Å²) in [5.41, 5.74) is 2.36. The van der Waals surface area contributed by atoms with E-state index >= 15 is 0 Å². The monoisotopic (exact) mass is 384 g/mol. The second-order valence-electron chi connectivity index (χ2n) is 6.86. The summed E-state index contributed by atoms with van der Waals surface area (Å²) in [7, 11) is 0. The molecular formula is C20H24N4O4. The topological polar surface area (TPSA) is 113 Å². The zero-order valence-electron chi connectivity index (χ0n) is 15.5. The highest BCUT2D eigenvalue weighted by atomic mass is 16.5. The second kappa shape index (κ2) is 9.29. The van der Waals surface area contributed by atoms with Crippen LogP contribution in [0, 0.1) is 0 Å². The van der Waals surface area contributed by atoms with Gasteiger partial charge in [-0.2, -0.15) is 0 Å². The molecule has 4 N–H and O–H groups in total. The zero-order chi connectivity index (χ0) is 19.8. The summed E-state index contributed by atoms with van der Waals surface area (Å²) in [5, 5.41) is 15.0. The highest BCUT2D eigenvalue weighted by Gasteiger charge is 2.36. The summed E-state index contributed by atoms with van der Waals surface area (Å²) in [6.07, 6.45) is 2.66. The van der Waals surface area contributed by atoms with E-state index in [2.05, 4.69) is 15.6 Å². The molecule has 2 amide bonds. The third-order valence-electron chi connectivity index (χ3n) is 4.79. The van der Waals surface area contributed by atoms with Crippen LogP contribution in [0.2, 0.25) is 0 Å². The number of hydroxylamine groups is 1. The maximum absolute atomic E-state index is 12.7. The fourth-order valence-electron chi connectivity index (χ4n) is 3.24. The molecule has 1 saturated heterocycles. The summed E-state index contributed by atoms with van der Waals surface area (Å²) < 4.78 is 5.63. The lowest BCUT2D eigenvalue weighted by Crippen LogP contribution is -2.56. The van der Waals surface area contributed by atoms with Crippen molar-refractivity contribution in [2.75, 3.05) is 13.1 Å². The van der Waals surface area contributed by atoms with Crippen LogP contribution in [0.4, 0.5) is 0 Å². The van der Waals surface area contributed by atoms with Gasteiger partial charge in [0.15, 0.2) is 0 Å². The van der Waals surface area contributed by atoms with Gasteiger partial charge in [0.05, 0.1) is 17.5 Å². The van der Waals surface area contributed by atoms with Gasteiger partial charge in [0.25, 0.3) is 5.91 Å². The van der Waals surface area contributed by atoms with Crippen molar-refractivity contribution in [2.24, 2.45) is 0 Å². The van der Waals surface area contributed by atoms with Crippen LogP contribution in [0.25, 0.3) is 0 Å². The molecule has 1 aliphatic rings. The van der Waals surface area contributed by atoms with Crippen molar-refractivity contribution in [3.63, 3.8) is 0 Å². The SMILES string of the molecule is O=C(CC1(NC(=O)c2ccc(OCc3ccccc3)nc2)CCNCC1)NO. The van der Waals surface area contributed by atoms with Crippen molar-refractivity contribution in [3.8, 4) is 5.88 Å². The Morgan fingerprint density at radius 2 is 1.89 bits per heavy atom. The van der Waals surface area contributed by atoms with Gasteiger partial charge in [0.1, 0.15) is 6.61 Å². The summed E-state index contributed by atoms with van der Waals surface area (Å²) >= 11 is 0. The number of carbonyl (C=O) groups excluding carboxylic acids is 2. The van der Waals surface area contributed by atoms with Crippen LogP contribution in [0.3, 0.4) is 0 Å². The number of benzene rings is 1. The molecule has 0 radical (unpaired) electrons. The number of hydrogen-bond donors (Lipinski definition) is 4. The van der Waals surface area contributed by atoms with E-state index in [9.17, 15) is 9.59 Å². The molecule has 8 nitrogen and oxygen atoms in total. The first-order chi connectivity index (χ1) is 13.6. The zero-order valence-corrected chi connectivity index (χ0v) is 15.5. The largest absolute Gasteiger partial charge is 0.473 e. The van der Waals surface area contributed by atoms with Gasteiger partial charge >= 0.3 is 0 Å². The van der Waals surface area contributed by atoms with Crippen LogP contribution >= 0.6 is 0 Å². The molecule has 148 valence electrons. The van der Waals surface area contributed by atoms with Crippen LogP contribution in [0.15, 0.2) is 48.7 Å². The molecule has 1 aromatic heterocycles. The van der Waals surface area contributed by atoms with Gasteiger partial charge in [-0.15, -0.1) is 0 Å². The Morgan fingerprint density at radius 1 is 1.14 bits per heavy atom. The third-order valence-corrected chi connectivity index (χ3v) is 4.79. The van der Waals surface area contributed by atoms with E-state index in [1.54, 1.807) is 17.6 Å². The molecule has 0 atom stereocenters. The molecule has 0 bridgehead atoms. The standard InChI is InChI=1S/C20H24N4O4/c25-17(24-27)12-20(8-10-21-11-9-20)23-19(26)16-6-7-18(22-13-16)28-14-15-4-2-1-3-5-15/h1-7,13,21,27H,8-12,14H2,(H,23,26)(H,24,25). The van der Waals surface area contributed by atoms with Gasteiger partial charge in [-0.1, -0.05) is 30.3 Å². The predicted octanol–water partition coefficient (Wildman–Crippen LogP) is 1.41. The molecule has 0 saturated carbocycles. The summed E-state index contributed by atoms with van der Waals surface area (Å²) in [5.74, 6) is -0.406. The van der Waals surface area contributed by atoms with Gasteiger partial charge in [0.2, 0.25) is 11.8 Å². The average Bonchev–Trinajstić information content (AvgIpc) is 2.73. The predicted molar refractivity (Wildman–Crippen MR) is 102 cm³/mol. The third kappa shape index (κ3) is 5.28.